The van der Waals surface area contributed by atoms with Gasteiger partial charge in [-0.15, -0.1) is 0 Å². The molecule has 0 aromatic carbocycles. The second kappa shape index (κ2) is 8.32. The monoisotopic (exact) mass is 402 g/mol. The van der Waals surface area contributed by atoms with Gasteiger partial charge in [0.1, 0.15) is 6.33 Å². The predicted octanol–water partition coefficient (Wildman–Crippen LogP) is 0.893. The van der Waals surface area contributed by atoms with Crippen LogP contribution in [0.2, 0.25) is 0 Å². The molecule has 0 bridgehead atoms. The third-order valence-corrected chi connectivity index (χ3v) is 5.77. The minimum absolute atomic E-state index is 0.0146. The van der Waals surface area contributed by atoms with Gasteiger partial charge in [-0.05, 0) is 31.1 Å². The number of aryl methyl sites for hydroxylation is 2. The lowest BCUT2D eigenvalue weighted by Crippen LogP contribution is -2.40. The number of rotatable bonds is 6. The molecule has 10 heteroatoms. The summed E-state index contributed by atoms with van der Waals surface area (Å²) in [6.07, 6.45) is 5.20. The molecule has 156 valence electrons. The van der Waals surface area contributed by atoms with Crippen LogP contribution in [0.15, 0.2) is 6.33 Å². The van der Waals surface area contributed by atoms with Crippen molar-refractivity contribution in [2.45, 2.75) is 45.6 Å². The Morgan fingerprint density at radius 2 is 2.21 bits per heavy atom. The van der Waals surface area contributed by atoms with E-state index in [1.807, 2.05) is 11.6 Å². The van der Waals surface area contributed by atoms with E-state index in [1.54, 1.807) is 0 Å². The van der Waals surface area contributed by atoms with Gasteiger partial charge >= 0.3 is 5.97 Å². The number of aromatic nitrogens is 5. The third-order valence-electron chi connectivity index (χ3n) is 5.77. The van der Waals surface area contributed by atoms with Crippen molar-refractivity contribution in [3.8, 4) is 0 Å². The maximum atomic E-state index is 12.8. The highest BCUT2D eigenvalue weighted by Gasteiger charge is 2.39. The number of carbonyl (C=O) groups is 2. The molecule has 29 heavy (non-hydrogen) atoms. The summed E-state index contributed by atoms with van der Waals surface area (Å²) in [5.41, 5.74) is 2.54. The zero-order valence-electron chi connectivity index (χ0n) is 16.6. The highest BCUT2D eigenvalue weighted by molar-refractivity contribution is 5.97. The lowest BCUT2D eigenvalue weighted by molar-refractivity contribution is 0.0152. The van der Waals surface area contributed by atoms with E-state index < -0.39 is 5.97 Å². The summed E-state index contributed by atoms with van der Waals surface area (Å²) < 4.78 is 12.7. The standard InChI is InChI=1S/C19H26N6O4/c1-2-13-15-14(10-19(11-20-17(15)26)4-8-28-9-5-19)25(24-13)6-3-7-29-18(27)16-21-12-22-23-16/h12H,2-11H2,1H3,(H,20,26)(H,21,22,23). The zero-order chi connectivity index (χ0) is 20.3. The van der Waals surface area contributed by atoms with Gasteiger partial charge in [0.25, 0.3) is 5.91 Å². The molecule has 0 aliphatic carbocycles. The lowest BCUT2D eigenvalue weighted by atomic mass is 9.76. The van der Waals surface area contributed by atoms with Crippen molar-refractivity contribution < 1.29 is 19.1 Å². The Morgan fingerprint density at radius 1 is 1.38 bits per heavy atom. The fraction of sp³-hybridized carbons (Fsp3) is 0.632. The minimum Gasteiger partial charge on any atom is -0.460 e. The summed E-state index contributed by atoms with van der Waals surface area (Å²) in [5, 5.41) is 13.9. The van der Waals surface area contributed by atoms with Gasteiger partial charge in [-0.1, -0.05) is 6.92 Å². The first-order valence-corrected chi connectivity index (χ1v) is 10.1. The first-order chi connectivity index (χ1) is 14.1. The molecular formula is C19H26N6O4. The van der Waals surface area contributed by atoms with Crippen LogP contribution in [0, 0.1) is 5.41 Å². The number of aromatic amines is 1. The first kappa shape index (κ1) is 19.6. The van der Waals surface area contributed by atoms with E-state index in [9.17, 15) is 9.59 Å². The van der Waals surface area contributed by atoms with Gasteiger partial charge in [-0.3, -0.25) is 14.6 Å². The smallest absolute Gasteiger partial charge is 0.375 e. The Bertz CT molecular complexity index is 870. The Balaban J connectivity index is 1.47. The Kier molecular flexibility index (Phi) is 5.61. The van der Waals surface area contributed by atoms with E-state index in [0.717, 1.165) is 49.4 Å². The maximum Gasteiger partial charge on any atom is 0.375 e. The number of amides is 1. The van der Waals surface area contributed by atoms with Crippen molar-refractivity contribution in [3.63, 3.8) is 0 Å². The summed E-state index contributed by atoms with van der Waals surface area (Å²) in [6, 6.07) is 0. The van der Waals surface area contributed by atoms with Gasteiger partial charge in [0, 0.05) is 32.7 Å². The summed E-state index contributed by atoms with van der Waals surface area (Å²) >= 11 is 0. The van der Waals surface area contributed by atoms with E-state index in [0.29, 0.717) is 25.9 Å². The zero-order valence-corrected chi connectivity index (χ0v) is 16.6. The molecule has 2 aromatic rings. The van der Waals surface area contributed by atoms with Crippen LogP contribution in [0.25, 0.3) is 0 Å². The number of nitrogens with one attached hydrogen (secondary N) is 2. The van der Waals surface area contributed by atoms with E-state index in [4.69, 9.17) is 14.6 Å². The van der Waals surface area contributed by atoms with Crippen LogP contribution in [-0.2, 0) is 28.9 Å². The van der Waals surface area contributed by atoms with Gasteiger partial charge in [0.15, 0.2) is 0 Å². The van der Waals surface area contributed by atoms with Crippen molar-refractivity contribution in [2.75, 3.05) is 26.4 Å². The molecule has 4 heterocycles. The highest BCUT2D eigenvalue weighted by Crippen LogP contribution is 2.37. The van der Waals surface area contributed by atoms with E-state index in [-0.39, 0.29) is 23.8 Å². The second-order valence-corrected chi connectivity index (χ2v) is 7.64. The van der Waals surface area contributed by atoms with Crippen LogP contribution in [-0.4, -0.2) is 63.2 Å². The number of hydrogen-bond acceptors (Lipinski definition) is 7. The number of carbonyl (C=O) groups excluding carboxylic acids is 2. The van der Waals surface area contributed by atoms with Crippen molar-refractivity contribution >= 4 is 11.9 Å². The number of nitrogens with zero attached hydrogens (tertiary/aromatic N) is 4. The lowest BCUT2D eigenvalue weighted by Gasteiger charge is -2.36. The summed E-state index contributed by atoms with van der Waals surface area (Å²) in [5.74, 6) is -0.482. The number of ether oxygens (including phenoxy) is 2. The largest absolute Gasteiger partial charge is 0.460 e. The molecule has 10 nitrogen and oxygen atoms in total. The van der Waals surface area contributed by atoms with Crippen LogP contribution in [0.1, 0.15) is 58.6 Å². The highest BCUT2D eigenvalue weighted by atomic mass is 16.5. The molecule has 1 saturated heterocycles. The minimum atomic E-state index is -0.531. The van der Waals surface area contributed by atoms with Crippen molar-refractivity contribution in [3.05, 3.63) is 29.1 Å². The van der Waals surface area contributed by atoms with Crippen LogP contribution >= 0.6 is 0 Å². The third kappa shape index (κ3) is 4.02. The van der Waals surface area contributed by atoms with Crippen LogP contribution in [0.5, 0.6) is 0 Å². The second-order valence-electron chi connectivity index (χ2n) is 7.64. The number of H-pyrrole nitrogens is 1. The van der Waals surface area contributed by atoms with E-state index >= 15 is 0 Å². The molecule has 2 aromatic heterocycles. The summed E-state index contributed by atoms with van der Waals surface area (Å²) in [4.78, 5) is 28.4. The van der Waals surface area contributed by atoms with E-state index in [1.165, 1.54) is 6.33 Å². The van der Waals surface area contributed by atoms with Gasteiger partial charge in [-0.2, -0.15) is 10.2 Å². The normalized spacial score (nSPS) is 18.2. The van der Waals surface area contributed by atoms with Gasteiger partial charge in [-0.25, -0.2) is 9.78 Å². The quantitative estimate of drug-likeness (QED) is 0.543. The van der Waals surface area contributed by atoms with Crippen LogP contribution in [0.4, 0.5) is 0 Å². The van der Waals surface area contributed by atoms with Gasteiger partial charge in [0.2, 0.25) is 5.82 Å². The topological polar surface area (TPSA) is 124 Å². The molecule has 2 aliphatic rings. The fourth-order valence-electron chi connectivity index (χ4n) is 4.11. The maximum absolute atomic E-state index is 12.8. The van der Waals surface area contributed by atoms with Gasteiger partial charge < -0.3 is 14.8 Å². The van der Waals surface area contributed by atoms with Crippen molar-refractivity contribution in [2.24, 2.45) is 5.41 Å². The fourth-order valence-corrected chi connectivity index (χ4v) is 4.11. The summed E-state index contributed by atoms with van der Waals surface area (Å²) in [6.45, 7) is 4.93. The average Bonchev–Trinajstić information content (AvgIpc) is 3.36. The Morgan fingerprint density at radius 3 is 2.93 bits per heavy atom. The van der Waals surface area contributed by atoms with Gasteiger partial charge in [0.05, 0.1) is 23.6 Å². The Labute approximate surface area is 168 Å². The molecule has 1 fully saturated rings. The summed E-state index contributed by atoms with van der Waals surface area (Å²) in [7, 11) is 0. The van der Waals surface area contributed by atoms with Crippen molar-refractivity contribution in [1.82, 2.24) is 30.3 Å². The SMILES string of the molecule is CCc1nn(CCCOC(=O)c2ncn[nH]2)c2c1C(=O)NCC1(CCOCC1)C2. The molecule has 4 rings (SSSR count). The predicted molar refractivity (Wildman–Crippen MR) is 101 cm³/mol. The number of esters is 1. The number of fused-ring (bicyclic) bond motifs is 1. The van der Waals surface area contributed by atoms with E-state index in [2.05, 4.69) is 20.5 Å². The molecule has 2 N–H and O–H groups in total. The molecule has 1 spiro atoms. The molecule has 0 atom stereocenters. The average molecular weight is 402 g/mol. The van der Waals surface area contributed by atoms with Crippen LogP contribution < -0.4 is 5.32 Å². The molecule has 0 saturated carbocycles. The molecule has 1 amide bonds. The van der Waals surface area contributed by atoms with Crippen molar-refractivity contribution in [1.29, 1.82) is 0 Å². The molecular weight excluding hydrogens is 376 g/mol. The van der Waals surface area contributed by atoms with Crippen LogP contribution in [0.3, 0.4) is 0 Å². The molecule has 0 unspecified atom stereocenters. The molecule has 0 radical (unpaired) electrons. The molecule has 2 aliphatic heterocycles. The Hall–Kier alpha value is -2.75. The number of hydrogen-bond donors (Lipinski definition) is 2. The first-order valence-electron chi connectivity index (χ1n) is 10.1.